The molecule has 1 amide bonds. The SMILES string of the molecule is Cc1c(Nc2cc(C=CCCOC(=O)N3CCOCC3)ncc2C#N)ccc2[nH]ccc12. The van der Waals surface area contributed by atoms with Crippen LogP contribution in [0.5, 0.6) is 0 Å². The number of benzene rings is 1. The molecule has 0 saturated carbocycles. The Bertz CT molecular complexity index is 1170. The zero-order valence-corrected chi connectivity index (χ0v) is 17.9. The van der Waals surface area contributed by atoms with Gasteiger partial charge in [-0.15, -0.1) is 0 Å². The number of hydrogen-bond acceptors (Lipinski definition) is 6. The van der Waals surface area contributed by atoms with Gasteiger partial charge in [0.2, 0.25) is 0 Å². The Morgan fingerprint density at radius 1 is 1.34 bits per heavy atom. The number of amides is 1. The molecule has 8 nitrogen and oxygen atoms in total. The lowest BCUT2D eigenvalue weighted by Gasteiger charge is -2.25. The van der Waals surface area contributed by atoms with Crippen molar-refractivity contribution in [3.8, 4) is 6.07 Å². The van der Waals surface area contributed by atoms with E-state index >= 15 is 0 Å². The molecule has 2 N–H and O–H groups in total. The van der Waals surface area contributed by atoms with Crippen LogP contribution in [0.1, 0.15) is 23.2 Å². The fourth-order valence-corrected chi connectivity index (χ4v) is 3.58. The van der Waals surface area contributed by atoms with Crippen LogP contribution in [0.3, 0.4) is 0 Å². The summed E-state index contributed by atoms with van der Waals surface area (Å²) in [6.45, 7) is 4.57. The molecular formula is C24H25N5O3. The number of ether oxygens (including phenoxy) is 2. The predicted octanol–water partition coefficient (Wildman–Crippen LogP) is 4.36. The average Bonchev–Trinajstić information content (AvgIpc) is 3.31. The van der Waals surface area contributed by atoms with Crippen molar-refractivity contribution in [2.24, 2.45) is 0 Å². The molecule has 2 aromatic heterocycles. The zero-order chi connectivity index (χ0) is 22.3. The van der Waals surface area contributed by atoms with Crippen LogP contribution in [0.4, 0.5) is 16.2 Å². The summed E-state index contributed by atoms with van der Waals surface area (Å²) in [6.07, 6.45) is 7.50. The molecule has 0 spiro atoms. The Hall–Kier alpha value is -3.83. The van der Waals surface area contributed by atoms with E-state index in [0.29, 0.717) is 56.3 Å². The molecule has 164 valence electrons. The first kappa shape index (κ1) is 21.4. The summed E-state index contributed by atoms with van der Waals surface area (Å²) in [5.74, 6) is 0. The lowest BCUT2D eigenvalue weighted by molar-refractivity contribution is 0.0277. The van der Waals surface area contributed by atoms with Gasteiger partial charge in [-0.1, -0.05) is 6.08 Å². The van der Waals surface area contributed by atoms with Crippen molar-refractivity contribution in [2.45, 2.75) is 13.3 Å². The number of H-pyrrole nitrogens is 1. The normalized spacial score (nSPS) is 13.9. The number of nitrogens with zero attached hydrogens (tertiary/aromatic N) is 3. The quantitative estimate of drug-likeness (QED) is 0.562. The molecule has 3 aromatic rings. The maximum Gasteiger partial charge on any atom is 0.409 e. The van der Waals surface area contributed by atoms with Gasteiger partial charge < -0.3 is 24.7 Å². The number of carbonyl (C=O) groups is 1. The van der Waals surface area contributed by atoms with Crippen molar-refractivity contribution in [1.82, 2.24) is 14.9 Å². The number of fused-ring (bicyclic) bond motifs is 1. The number of morpholine rings is 1. The molecule has 1 aliphatic heterocycles. The third-order valence-electron chi connectivity index (χ3n) is 5.39. The van der Waals surface area contributed by atoms with Crippen molar-refractivity contribution in [3.05, 3.63) is 59.6 Å². The summed E-state index contributed by atoms with van der Waals surface area (Å²) in [5.41, 5.74) is 4.98. The minimum absolute atomic E-state index is 0.296. The highest BCUT2D eigenvalue weighted by molar-refractivity contribution is 5.89. The number of aromatic amines is 1. The molecule has 0 aliphatic carbocycles. The fraction of sp³-hybridized carbons (Fsp3) is 0.292. The summed E-state index contributed by atoms with van der Waals surface area (Å²) < 4.78 is 10.5. The Labute approximate surface area is 186 Å². The standard InChI is InChI=1S/C24H25N5O3/c1-17-20-7-8-26-22(20)6-5-21(17)28-23-14-19(27-16-18(23)15-25)4-2-3-11-32-24(30)29-9-12-31-13-10-29/h2,4-8,14,16,26H,3,9-13H2,1H3,(H,27,28). The number of anilines is 2. The van der Waals surface area contributed by atoms with Crippen LogP contribution in [0, 0.1) is 18.3 Å². The van der Waals surface area contributed by atoms with E-state index in [1.54, 1.807) is 11.1 Å². The number of pyridine rings is 1. The second-order valence-electron chi connectivity index (χ2n) is 7.47. The molecule has 0 radical (unpaired) electrons. The van der Waals surface area contributed by atoms with E-state index in [1.807, 2.05) is 49.5 Å². The number of aromatic nitrogens is 2. The van der Waals surface area contributed by atoms with Gasteiger partial charge in [-0.3, -0.25) is 4.98 Å². The lowest BCUT2D eigenvalue weighted by atomic mass is 10.1. The van der Waals surface area contributed by atoms with E-state index in [0.717, 1.165) is 22.2 Å². The number of carbonyl (C=O) groups excluding carboxylic acids is 1. The van der Waals surface area contributed by atoms with Crippen molar-refractivity contribution in [2.75, 3.05) is 38.2 Å². The highest BCUT2D eigenvalue weighted by Crippen LogP contribution is 2.29. The Morgan fingerprint density at radius 2 is 2.19 bits per heavy atom. The van der Waals surface area contributed by atoms with Crippen LogP contribution in [-0.4, -0.2) is 53.9 Å². The van der Waals surface area contributed by atoms with Crippen LogP contribution in [0.15, 0.2) is 42.7 Å². The smallest absolute Gasteiger partial charge is 0.409 e. The topological polar surface area (TPSA) is 103 Å². The first-order valence-electron chi connectivity index (χ1n) is 10.6. The van der Waals surface area contributed by atoms with Gasteiger partial charge in [0.25, 0.3) is 0 Å². The molecule has 1 fully saturated rings. The fourth-order valence-electron chi connectivity index (χ4n) is 3.58. The summed E-state index contributed by atoms with van der Waals surface area (Å²) in [4.78, 5) is 21.2. The second kappa shape index (κ2) is 9.98. The van der Waals surface area contributed by atoms with Crippen LogP contribution in [-0.2, 0) is 9.47 Å². The Morgan fingerprint density at radius 3 is 3.00 bits per heavy atom. The van der Waals surface area contributed by atoms with Gasteiger partial charge in [0.15, 0.2) is 0 Å². The van der Waals surface area contributed by atoms with Gasteiger partial charge in [0.1, 0.15) is 6.07 Å². The number of nitriles is 1. The largest absolute Gasteiger partial charge is 0.449 e. The number of aryl methyl sites for hydroxylation is 1. The highest BCUT2D eigenvalue weighted by atomic mass is 16.6. The molecule has 32 heavy (non-hydrogen) atoms. The number of rotatable bonds is 6. The average molecular weight is 431 g/mol. The van der Waals surface area contributed by atoms with E-state index < -0.39 is 0 Å². The van der Waals surface area contributed by atoms with Crippen molar-refractivity contribution in [3.63, 3.8) is 0 Å². The highest BCUT2D eigenvalue weighted by Gasteiger charge is 2.17. The molecule has 1 aromatic carbocycles. The molecule has 4 rings (SSSR count). The summed E-state index contributed by atoms with van der Waals surface area (Å²) >= 11 is 0. The van der Waals surface area contributed by atoms with E-state index in [-0.39, 0.29) is 6.09 Å². The van der Waals surface area contributed by atoms with Gasteiger partial charge in [0, 0.05) is 42.1 Å². The minimum Gasteiger partial charge on any atom is -0.449 e. The van der Waals surface area contributed by atoms with Crippen LogP contribution >= 0.6 is 0 Å². The third-order valence-corrected chi connectivity index (χ3v) is 5.39. The minimum atomic E-state index is -0.306. The molecule has 1 saturated heterocycles. The van der Waals surface area contributed by atoms with Crippen LogP contribution in [0.2, 0.25) is 0 Å². The van der Waals surface area contributed by atoms with Crippen molar-refractivity contribution >= 4 is 34.4 Å². The van der Waals surface area contributed by atoms with Crippen molar-refractivity contribution in [1.29, 1.82) is 5.26 Å². The molecule has 0 unspecified atom stereocenters. The first-order valence-corrected chi connectivity index (χ1v) is 10.6. The molecule has 3 heterocycles. The summed E-state index contributed by atoms with van der Waals surface area (Å²) in [7, 11) is 0. The van der Waals surface area contributed by atoms with Gasteiger partial charge in [-0.05, 0) is 49.2 Å². The molecular weight excluding hydrogens is 406 g/mol. The van der Waals surface area contributed by atoms with E-state index in [4.69, 9.17) is 9.47 Å². The maximum atomic E-state index is 12.0. The summed E-state index contributed by atoms with van der Waals surface area (Å²) in [5, 5.41) is 14.0. The van der Waals surface area contributed by atoms with Gasteiger partial charge in [0.05, 0.1) is 36.8 Å². The monoisotopic (exact) mass is 431 g/mol. The van der Waals surface area contributed by atoms with Gasteiger partial charge in [-0.25, -0.2) is 4.79 Å². The first-order chi connectivity index (χ1) is 15.7. The van der Waals surface area contributed by atoms with Crippen LogP contribution in [0.25, 0.3) is 17.0 Å². The molecule has 0 bridgehead atoms. The Balaban J connectivity index is 1.38. The number of hydrogen-bond donors (Lipinski definition) is 2. The van der Waals surface area contributed by atoms with Gasteiger partial charge in [-0.2, -0.15) is 5.26 Å². The third kappa shape index (κ3) is 4.90. The van der Waals surface area contributed by atoms with Gasteiger partial charge >= 0.3 is 6.09 Å². The van der Waals surface area contributed by atoms with E-state index in [1.165, 1.54) is 0 Å². The lowest BCUT2D eigenvalue weighted by Crippen LogP contribution is -2.41. The Kier molecular flexibility index (Phi) is 6.68. The summed E-state index contributed by atoms with van der Waals surface area (Å²) in [6, 6.07) is 10.1. The van der Waals surface area contributed by atoms with Crippen molar-refractivity contribution < 1.29 is 14.3 Å². The number of nitrogens with one attached hydrogen (secondary N) is 2. The molecule has 1 aliphatic rings. The molecule has 8 heteroatoms. The zero-order valence-electron chi connectivity index (χ0n) is 17.9. The predicted molar refractivity (Wildman–Crippen MR) is 123 cm³/mol. The van der Waals surface area contributed by atoms with E-state index in [2.05, 4.69) is 21.4 Å². The van der Waals surface area contributed by atoms with Crippen LogP contribution < -0.4 is 5.32 Å². The maximum absolute atomic E-state index is 12.0. The second-order valence-corrected chi connectivity index (χ2v) is 7.47. The van der Waals surface area contributed by atoms with E-state index in [9.17, 15) is 10.1 Å². The molecule has 0 atom stereocenters.